The van der Waals surface area contributed by atoms with Crippen LogP contribution >= 0.6 is 15.9 Å². The maximum atomic E-state index is 12.4. The lowest BCUT2D eigenvalue weighted by molar-refractivity contribution is -0.384. The van der Waals surface area contributed by atoms with Gasteiger partial charge in [-0.2, -0.15) is 0 Å². The number of hydrogen-bond donors (Lipinski definition) is 1. The van der Waals surface area contributed by atoms with E-state index in [1.807, 2.05) is 6.92 Å². The van der Waals surface area contributed by atoms with Crippen LogP contribution in [0.25, 0.3) is 0 Å². The van der Waals surface area contributed by atoms with Crippen molar-refractivity contribution in [2.45, 2.75) is 6.92 Å². The number of nitrogens with zero attached hydrogens (tertiary/aromatic N) is 1. The normalized spacial score (nSPS) is 10.1. The number of non-ortho nitro benzene ring substituents is 1. The average molecular weight is 395 g/mol. The summed E-state index contributed by atoms with van der Waals surface area (Å²) in [6, 6.07) is 8.77. The Balaban J connectivity index is 2.23. The van der Waals surface area contributed by atoms with Crippen LogP contribution in [0.15, 0.2) is 40.9 Å². The van der Waals surface area contributed by atoms with Crippen LogP contribution in [-0.4, -0.2) is 24.5 Å². The SMILES string of the molecule is CCOc1c(Br)cc(C(=O)Nc2ccc([N+](=O)[O-])cc2)cc1OC. The van der Waals surface area contributed by atoms with Crippen molar-refractivity contribution < 1.29 is 19.2 Å². The summed E-state index contributed by atoms with van der Waals surface area (Å²) < 4.78 is 11.3. The first-order valence-corrected chi connectivity index (χ1v) is 7.81. The van der Waals surface area contributed by atoms with Crippen molar-refractivity contribution in [1.29, 1.82) is 0 Å². The monoisotopic (exact) mass is 394 g/mol. The molecule has 0 radical (unpaired) electrons. The zero-order valence-corrected chi connectivity index (χ0v) is 14.6. The Bertz CT molecular complexity index is 762. The van der Waals surface area contributed by atoms with Gasteiger partial charge in [0.05, 0.1) is 23.1 Å². The number of methoxy groups -OCH3 is 1. The summed E-state index contributed by atoms with van der Waals surface area (Å²) in [6.07, 6.45) is 0. The van der Waals surface area contributed by atoms with Gasteiger partial charge in [0.25, 0.3) is 11.6 Å². The Morgan fingerprint density at radius 1 is 1.29 bits per heavy atom. The van der Waals surface area contributed by atoms with Crippen molar-refractivity contribution in [3.05, 3.63) is 56.5 Å². The highest BCUT2D eigenvalue weighted by Gasteiger charge is 2.16. The minimum atomic E-state index is -0.500. The Morgan fingerprint density at radius 2 is 1.96 bits per heavy atom. The minimum absolute atomic E-state index is 0.0431. The number of amides is 1. The molecule has 7 nitrogen and oxygen atoms in total. The van der Waals surface area contributed by atoms with Gasteiger partial charge >= 0.3 is 0 Å². The molecular formula is C16H15BrN2O5. The molecule has 0 bridgehead atoms. The first kappa shape index (κ1) is 17.7. The second-order valence-electron chi connectivity index (χ2n) is 4.68. The van der Waals surface area contributed by atoms with Crippen LogP contribution in [0.5, 0.6) is 11.5 Å². The van der Waals surface area contributed by atoms with Crippen molar-refractivity contribution in [3.63, 3.8) is 0 Å². The van der Waals surface area contributed by atoms with Gasteiger partial charge in [-0.3, -0.25) is 14.9 Å². The summed E-state index contributed by atoms with van der Waals surface area (Å²) in [5.41, 5.74) is 0.772. The Kier molecular flexibility index (Phi) is 5.75. The molecule has 8 heteroatoms. The molecule has 0 aromatic heterocycles. The molecule has 0 atom stereocenters. The quantitative estimate of drug-likeness (QED) is 0.590. The lowest BCUT2D eigenvalue weighted by Crippen LogP contribution is -2.12. The van der Waals surface area contributed by atoms with Crippen molar-refractivity contribution in [3.8, 4) is 11.5 Å². The van der Waals surface area contributed by atoms with Crippen LogP contribution < -0.4 is 14.8 Å². The van der Waals surface area contributed by atoms with Crippen molar-refractivity contribution in [1.82, 2.24) is 0 Å². The van der Waals surface area contributed by atoms with Crippen molar-refractivity contribution in [2.75, 3.05) is 19.0 Å². The Labute approximate surface area is 146 Å². The number of carbonyl (C=O) groups excluding carboxylic acids is 1. The number of nitro groups is 1. The molecule has 0 unspecified atom stereocenters. The second-order valence-corrected chi connectivity index (χ2v) is 5.53. The lowest BCUT2D eigenvalue weighted by Gasteiger charge is -2.13. The Morgan fingerprint density at radius 3 is 2.50 bits per heavy atom. The van der Waals surface area contributed by atoms with Gasteiger partial charge in [-0.05, 0) is 47.1 Å². The van der Waals surface area contributed by atoms with Gasteiger partial charge in [0.2, 0.25) is 0 Å². The van der Waals surface area contributed by atoms with E-state index in [0.29, 0.717) is 33.8 Å². The predicted octanol–water partition coefficient (Wildman–Crippen LogP) is 4.02. The molecule has 0 fully saturated rings. The van der Waals surface area contributed by atoms with E-state index in [1.165, 1.54) is 31.4 Å². The van der Waals surface area contributed by atoms with Crippen LogP contribution in [0.2, 0.25) is 0 Å². The number of hydrogen-bond acceptors (Lipinski definition) is 5. The van der Waals surface area contributed by atoms with E-state index < -0.39 is 4.92 Å². The van der Waals surface area contributed by atoms with E-state index >= 15 is 0 Å². The standard InChI is InChI=1S/C16H15BrN2O5/c1-3-24-15-13(17)8-10(9-14(15)23-2)16(20)18-11-4-6-12(7-5-11)19(21)22/h4-9H,3H2,1-2H3,(H,18,20). The molecule has 0 heterocycles. The molecule has 0 saturated carbocycles. The molecule has 1 N–H and O–H groups in total. The van der Waals surface area contributed by atoms with E-state index in [2.05, 4.69) is 21.2 Å². The van der Waals surface area contributed by atoms with Gasteiger partial charge in [0.1, 0.15) is 0 Å². The third-order valence-electron chi connectivity index (χ3n) is 3.12. The molecule has 2 aromatic carbocycles. The fourth-order valence-corrected chi connectivity index (χ4v) is 2.56. The van der Waals surface area contributed by atoms with Crippen LogP contribution in [0.4, 0.5) is 11.4 Å². The van der Waals surface area contributed by atoms with E-state index in [-0.39, 0.29) is 11.6 Å². The van der Waals surface area contributed by atoms with Gasteiger partial charge in [0, 0.05) is 23.4 Å². The second kappa shape index (κ2) is 7.78. The van der Waals surface area contributed by atoms with Crippen LogP contribution in [0, 0.1) is 10.1 Å². The summed E-state index contributed by atoms with van der Waals surface area (Å²) in [7, 11) is 1.49. The summed E-state index contributed by atoms with van der Waals surface area (Å²) >= 11 is 3.36. The van der Waals surface area contributed by atoms with Crippen molar-refractivity contribution >= 4 is 33.2 Å². The zero-order chi connectivity index (χ0) is 17.7. The number of halogens is 1. The van der Waals surface area contributed by atoms with E-state index in [1.54, 1.807) is 12.1 Å². The fourth-order valence-electron chi connectivity index (χ4n) is 2.01. The first-order valence-electron chi connectivity index (χ1n) is 7.02. The molecule has 24 heavy (non-hydrogen) atoms. The molecule has 2 aromatic rings. The average Bonchev–Trinajstić information content (AvgIpc) is 2.57. The van der Waals surface area contributed by atoms with Crippen LogP contribution in [-0.2, 0) is 0 Å². The first-order chi connectivity index (χ1) is 11.5. The largest absolute Gasteiger partial charge is 0.493 e. The van der Waals surface area contributed by atoms with Crippen LogP contribution in [0.3, 0.4) is 0 Å². The number of ether oxygens (including phenoxy) is 2. The highest BCUT2D eigenvalue weighted by molar-refractivity contribution is 9.10. The lowest BCUT2D eigenvalue weighted by atomic mass is 10.1. The smallest absolute Gasteiger partial charge is 0.269 e. The number of nitrogens with one attached hydrogen (secondary N) is 1. The van der Waals surface area contributed by atoms with Gasteiger partial charge in [0.15, 0.2) is 11.5 Å². The van der Waals surface area contributed by atoms with Gasteiger partial charge in [-0.15, -0.1) is 0 Å². The molecular weight excluding hydrogens is 380 g/mol. The van der Waals surface area contributed by atoms with Crippen molar-refractivity contribution in [2.24, 2.45) is 0 Å². The topological polar surface area (TPSA) is 90.7 Å². The van der Waals surface area contributed by atoms with Gasteiger partial charge in [-0.25, -0.2) is 0 Å². The highest BCUT2D eigenvalue weighted by atomic mass is 79.9. The third-order valence-corrected chi connectivity index (χ3v) is 3.71. The number of benzene rings is 2. The van der Waals surface area contributed by atoms with E-state index in [4.69, 9.17) is 9.47 Å². The summed E-state index contributed by atoms with van der Waals surface area (Å²) in [4.78, 5) is 22.5. The molecule has 2 rings (SSSR count). The van der Waals surface area contributed by atoms with Gasteiger partial charge < -0.3 is 14.8 Å². The van der Waals surface area contributed by atoms with Crippen LogP contribution in [0.1, 0.15) is 17.3 Å². The molecule has 126 valence electrons. The predicted molar refractivity (Wildman–Crippen MR) is 92.9 cm³/mol. The number of nitro benzene ring substituents is 1. The Hall–Kier alpha value is -2.61. The fraction of sp³-hybridized carbons (Fsp3) is 0.188. The molecule has 0 aliphatic heterocycles. The maximum Gasteiger partial charge on any atom is 0.269 e. The molecule has 0 aliphatic rings. The maximum absolute atomic E-state index is 12.4. The highest BCUT2D eigenvalue weighted by Crippen LogP contribution is 2.36. The van der Waals surface area contributed by atoms with E-state index in [0.717, 1.165) is 0 Å². The van der Waals surface area contributed by atoms with Gasteiger partial charge in [-0.1, -0.05) is 0 Å². The zero-order valence-electron chi connectivity index (χ0n) is 13.0. The molecule has 0 saturated heterocycles. The minimum Gasteiger partial charge on any atom is -0.493 e. The number of anilines is 1. The van der Waals surface area contributed by atoms with E-state index in [9.17, 15) is 14.9 Å². The number of rotatable bonds is 6. The summed E-state index contributed by atoms with van der Waals surface area (Å²) in [5, 5.41) is 13.3. The third kappa shape index (κ3) is 4.02. The summed E-state index contributed by atoms with van der Waals surface area (Å²) in [5.74, 6) is 0.581. The summed E-state index contributed by atoms with van der Waals surface area (Å²) in [6.45, 7) is 2.31. The molecule has 1 amide bonds. The number of carbonyl (C=O) groups is 1. The molecule has 0 spiro atoms. The molecule has 0 aliphatic carbocycles.